The average molecular weight is 586 g/mol. The van der Waals surface area contributed by atoms with Gasteiger partial charge >= 0.3 is 12.1 Å². The molecule has 0 radical (unpaired) electrons. The largest absolute Gasteiger partial charge is 0.618 e. The van der Waals surface area contributed by atoms with Crippen molar-refractivity contribution in [1.29, 1.82) is 0 Å². The van der Waals surface area contributed by atoms with Gasteiger partial charge in [-0.2, -0.15) is 4.73 Å². The van der Waals surface area contributed by atoms with Crippen LogP contribution in [0.15, 0.2) is 54.7 Å². The maximum atomic E-state index is 13.4. The molecule has 0 aliphatic heterocycles. The number of hydrogen-bond donors (Lipinski definition) is 3. The number of halogens is 2. The van der Waals surface area contributed by atoms with Gasteiger partial charge in [0, 0.05) is 22.2 Å². The lowest BCUT2D eigenvalue weighted by Gasteiger charge is -2.21. The van der Waals surface area contributed by atoms with E-state index >= 15 is 0 Å². The van der Waals surface area contributed by atoms with Gasteiger partial charge in [-0.3, -0.25) is 10.1 Å². The number of ether oxygens (including phenoxy) is 1. The van der Waals surface area contributed by atoms with Crippen molar-refractivity contribution in [2.24, 2.45) is 5.92 Å². The number of carbonyl (C=O) groups excluding carboxylic acids is 2. The highest BCUT2D eigenvalue weighted by Gasteiger charge is 2.35. The summed E-state index contributed by atoms with van der Waals surface area (Å²) in [6, 6.07) is 12.2. The lowest BCUT2D eigenvalue weighted by molar-refractivity contribution is -0.614. The van der Waals surface area contributed by atoms with Crippen molar-refractivity contribution in [2.75, 3.05) is 10.6 Å². The van der Waals surface area contributed by atoms with E-state index in [0.717, 1.165) is 12.8 Å². The number of carboxylic acid groups (broad SMARTS) is 1. The van der Waals surface area contributed by atoms with Crippen LogP contribution in [-0.4, -0.2) is 28.7 Å². The van der Waals surface area contributed by atoms with E-state index in [1.165, 1.54) is 24.4 Å². The Bertz CT molecular complexity index is 1470. The number of aromatic carboxylic acids is 1. The highest BCUT2D eigenvalue weighted by Crippen LogP contribution is 2.39. The molecule has 40 heavy (non-hydrogen) atoms. The van der Waals surface area contributed by atoms with Crippen molar-refractivity contribution in [2.45, 2.75) is 51.6 Å². The number of nitrogens with zero attached hydrogens (tertiary/aromatic N) is 1. The molecule has 2 amide bonds. The Labute approximate surface area is 241 Å². The monoisotopic (exact) mass is 585 g/mol. The Balaban J connectivity index is 1.62. The molecule has 1 aliphatic rings. The lowest BCUT2D eigenvalue weighted by Crippen LogP contribution is -2.37. The minimum Gasteiger partial charge on any atom is -0.618 e. The second-order valence-corrected chi connectivity index (χ2v) is 11.5. The van der Waals surface area contributed by atoms with Crippen molar-refractivity contribution in [3.05, 3.63) is 81.2 Å². The summed E-state index contributed by atoms with van der Waals surface area (Å²) in [6.07, 6.45) is 3.09. The molecule has 1 atom stereocenters. The van der Waals surface area contributed by atoms with Crippen LogP contribution in [0.2, 0.25) is 10.0 Å². The fraction of sp³-hybridized carbons (Fsp3) is 0.310. The topological polar surface area (TPSA) is 132 Å². The first-order valence-corrected chi connectivity index (χ1v) is 13.4. The fourth-order valence-electron chi connectivity index (χ4n) is 4.22. The van der Waals surface area contributed by atoms with Crippen LogP contribution in [0.1, 0.15) is 62.0 Å². The molecule has 2 aromatic carbocycles. The van der Waals surface area contributed by atoms with Crippen LogP contribution in [0.3, 0.4) is 0 Å². The van der Waals surface area contributed by atoms with Gasteiger partial charge in [0.25, 0.3) is 0 Å². The Hall–Kier alpha value is -3.82. The molecular formula is C29H29Cl2N3O6. The van der Waals surface area contributed by atoms with E-state index in [4.69, 9.17) is 33.0 Å². The number of nitrogens with one attached hydrogen (secondary N) is 2. The van der Waals surface area contributed by atoms with Crippen LogP contribution in [0.4, 0.5) is 16.2 Å². The van der Waals surface area contributed by atoms with E-state index in [1.807, 2.05) is 0 Å². The highest BCUT2D eigenvalue weighted by atomic mass is 35.5. The van der Waals surface area contributed by atoms with E-state index in [1.54, 1.807) is 51.1 Å². The number of carboxylic acids is 1. The first-order chi connectivity index (χ1) is 18.8. The van der Waals surface area contributed by atoms with Crippen LogP contribution in [0, 0.1) is 11.1 Å². The molecule has 1 aliphatic carbocycles. The van der Waals surface area contributed by atoms with Crippen molar-refractivity contribution in [3.63, 3.8) is 0 Å². The zero-order valence-corrected chi connectivity index (χ0v) is 23.7. The predicted molar refractivity (Wildman–Crippen MR) is 153 cm³/mol. The number of aromatic nitrogens is 1. The van der Waals surface area contributed by atoms with E-state index in [-0.39, 0.29) is 22.0 Å². The third-order valence-corrected chi connectivity index (χ3v) is 6.83. The third-order valence-electron chi connectivity index (χ3n) is 6.29. The number of rotatable bonds is 8. The molecule has 3 aromatic rings. The second-order valence-electron chi connectivity index (χ2n) is 10.7. The smallest absolute Gasteiger partial charge is 0.412 e. The standard InChI is InChI=1S/C29H29Cl2N3O6/c1-29(2,3)40-28(38)33-23-10-8-19(30)14-20(23)18-7-11-25(34(39)15-18)21(12-16-4-5-16)26(35)32-24-9-6-17(27(36)37)13-22(24)31/h6-11,13-16,21H,4-5,12H2,1-3H3,(H,32,35)(H,33,38)(H,36,37). The van der Waals surface area contributed by atoms with Crippen LogP contribution >= 0.6 is 23.2 Å². The number of amides is 2. The van der Waals surface area contributed by atoms with E-state index < -0.39 is 29.5 Å². The van der Waals surface area contributed by atoms with Crippen LogP contribution in [0.5, 0.6) is 0 Å². The summed E-state index contributed by atoms with van der Waals surface area (Å²) in [7, 11) is 0. The van der Waals surface area contributed by atoms with Crippen molar-refractivity contribution in [3.8, 4) is 11.1 Å². The first-order valence-electron chi connectivity index (χ1n) is 12.7. The van der Waals surface area contributed by atoms with Gasteiger partial charge in [-0.1, -0.05) is 36.0 Å². The molecule has 1 unspecified atom stereocenters. The van der Waals surface area contributed by atoms with Gasteiger partial charge in [0.2, 0.25) is 11.6 Å². The quantitative estimate of drug-likeness (QED) is 0.195. The Morgan fingerprint density at radius 1 is 1.05 bits per heavy atom. The van der Waals surface area contributed by atoms with Crippen molar-refractivity contribution >= 4 is 52.5 Å². The lowest BCUT2D eigenvalue weighted by atomic mass is 9.95. The van der Waals surface area contributed by atoms with Crippen LogP contribution in [-0.2, 0) is 9.53 Å². The van der Waals surface area contributed by atoms with Gasteiger partial charge in [-0.15, -0.1) is 0 Å². The summed E-state index contributed by atoms with van der Waals surface area (Å²) in [6.45, 7) is 5.25. The van der Waals surface area contributed by atoms with Gasteiger partial charge in [0.15, 0.2) is 6.20 Å². The Kier molecular flexibility index (Phi) is 8.56. The molecule has 1 fully saturated rings. The average Bonchev–Trinajstić information content (AvgIpc) is 3.68. The molecule has 0 bridgehead atoms. The summed E-state index contributed by atoms with van der Waals surface area (Å²) in [5.74, 6) is -2.02. The molecule has 1 saturated carbocycles. The van der Waals surface area contributed by atoms with E-state index in [2.05, 4.69) is 10.6 Å². The molecule has 1 aromatic heterocycles. The highest BCUT2D eigenvalue weighted by molar-refractivity contribution is 6.34. The summed E-state index contributed by atoms with van der Waals surface area (Å²) >= 11 is 12.4. The zero-order valence-electron chi connectivity index (χ0n) is 22.2. The predicted octanol–water partition coefficient (Wildman–Crippen LogP) is 6.86. The number of benzene rings is 2. The molecule has 11 heteroatoms. The molecule has 0 saturated heterocycles. The summed E-state index contributed by atoms with van der Waals surface area (Å²) in [4.78, 5) is 37.0. The minimum absolute atomic E-state index is 0.00735. The molecule has 3 N–H and O–H groups in total. The molecule has 210 valence electrons. The Morgan fingerprint density at radius 2 is 1.75 bits per heavy atom. The normalized spacial score (nSPS) is 13.8. The fourth-order valence-corrected chi connectivity index (χ4v) is 4.62. The summed E-state index contributed by atoms with van der Waals surface area (Å²) < 4.78 is 6.00. The van der Waals surface area contributed by atoms with Gasteiger partial charge in [0.1, 0.15) is 11.5 Å². The van der Waals surface area contributed by atoms with Crippen molar-refractivity contribution < 1.29 is 29.0 Å². The number of anilines is 2. The van der Waals surface area contributed by atoms with Crippen LogP contribution in [0.25, 0.3) is 11.1 Å². The molecule has 0 spiro atoms. The second kappa shape index (κ2) is 11.7. The maximum absolute atomic E-state index is 13.4. The van der Waals surface area contributed by atoms with Gasteiger partial charge < -0.3 is 20.4 Å². The van der Waals surface area contributed by atoms with Gasteiger partial charge in [-0.05, 0) is 75.6 Å². The maximum Gasteiger partial charge on any atom is 0.412 e. The molecule has 1 heterocycles. The minimum atomic E-state index is -1.14. The SMILES string of the molecule is CC(C)(C)OC(=O)Nc1ccc(Cl)cc1-c1ccc(C(CC2CC2)C(=O)Nc2ccc(C(=O)O)cc2Cl)[n+]([O-])c1. The van der Waals surface area contributed by atoms with Crippen LogP contribution < -0.4 is 15.4 Å². The van der Waals surface area contributed by atoms with E-state index in [0.29, 0.717) is 38.9 Å². The summed E-state index contributed by atoms with van der Waals surface area (Å²) in [5, 5.41) is 28.4. The summed E-state index contributed by atoms with van der Waals surface area (Å²) in [5.41, 5.74) is 1.17. The number of pyridine rings is 1. The molecular weight excluding hydrogens is 557 g/mol. The first kappa shape index (κ1) is 29.2. The van der Waals surface area contributed by atoms with Gasteiger partial charge in [0.05, 0.1) is 22.0 Å². The van der Waals surface area contributed by atoms with E-state index in [9.17, 15) is 19.6 Å². The van der Waals surface area contributed by atoms with Crippen molar-refractivity contribution in [1.82, 2.24) is 0 Å². The molecule has 9 nitrogen and oxygen atoms in total. The molecule has 4 rings (SSSR count). The Morgan fingerprint density at radius 3 is 2.35 bits per heavy atom. The van der Waals surface area contributed by atoms with Gasteiger partial charge in [-0.25, -0.2) is 9.59 Å². The number of hydrogen-bond acceptors (Lipinski definition) is 5. The third kappa shape index (κ3) is 7.43. The zero-order chi connectivity index (χ0) is 29.2. The number of carbonyl (C=O) groups is 3.